The van der Waals surface area contributed by atoms with E-state index in [1.54, 1.807) is 6.26 Å². The van der Waals surface area contributed by atoms with Crippen LogP contribution in [0.25, 0.3) is 11.3 Å². The number of Topliss-reactive ketones (excluding diaryl/α,β-unsaturated/α-hetero) is 1. The first-order chi connectivity index (χ1) is 19.1. The van der Waals surface area contributed by atoms with E-state index in [1.807, 2.05) is 44.7 Å². The molecule has 40 heavy (non-hydrogen) atoms. The Kier molecular flexibility index (Phi) is 6.68. The quantitative estimate of drug-likeness (QED) is 0.453. The van der Waals surface area contributed by atoms with Gasteiger partial charge in [-0.1, -0.05) is 11.6 Å². The molecule has 2 aliphatic heterocycles. The normalized spacial score (nSPS) is 26.5. The molecule has 0 bridgehead atoms. The number of carbonyl (C=O) groups is 2. The van der Waals surface area contributed by atoms with Crippen molar-refractivity contribution in [1.82, 2.24) is 9.80 Å². The van der Waals surface area contributed by atoms with E-state index in [-0.39, 0.29) is 17.6 Å². The van der Waals surface area contributed by atoms with E-state index < -0.39 is 5.79 Å². The van der Waals surface area contributed by atoms with Gasteiger partial charge in [0.1, 0.15) is 5.76 Å². The first-order valence-electron chi connectivity index (χ1n) is 14.5. The number of benzene rings is 1. The third-order valence-corrected chi connectivity index (χ3v) is 9.49. The molecular formula is C33H40N2O5. The second-order valence-corrected chi connectivity index (χ2v) is 12.4. The molecule has 6 rings (SSSR count). The highest BCUT2D eigenvalue weighted by Gasteiger charge is 2.49. The molecule has 0 saturated heterocycles. The van der Waals surface area contributed by atoms with Crippen molar-refractivity contribution >= 4 is 11.7 Å². The summed E-state index contributed by atoms with van der Waals surface area (Å²) in [5, 5.41) is 0. The molecule has 0 N–H and O–H groups in total. The number of ketones is 1. The molecule has 1 atom stereocenters. The van der Waals surface area contributed by atoms with Gasteiger partial charge < -0.3 is 23.7 Å². The van der Waals surface area contributed by atoms with Crippen molar-refractivity contribution in [1.29, 1.82) is 0 Å². The Hall–Kier alpha value is -3.32. The smallest absolute Gasteiger partial charge is 0.254 e. The monoisotopic (exact) mass is 544 g/mol. The lowest BCUT2D eigenvalue weighted by atomic mass is 9.81. The second-order valence-electron chi connectivity index (χ2n) is 12.4. The summed E-state index contributed by atoms with van der Waals surface area (Å²) in [6.07, 6.45) is 9.03. The lowest BCUT2D eigenvalue weighted by Crippen LogP contribution is -2.46. The molecule has 0 radical (unpaired) electrons. The molecule has 1 fully saturated rings. The minimum atomic E-state index is -0.807. The van der Waals surface area contributed by atoms with E-state index in [0.717, 1.165) is 59.1 Å². The number of amides is 1. The van der Waals surface area contributed by atoms with E-state index in [9.17, 15) is 9.59 Å². The Morgan fingerprint density at radius 1 is 1.02 bits per heavy atom. The number of ether oxygens (including phenoxy) is 2. The van der Waals surface area contributed by atoms with Gasteiger partial charge >= 0.3 is 0 Å². The number of carbonyl (C=O) groups excluding carboxylic acids is 2. The summed E-state index contributed by atoms with van der Waals surface area (Å²) < 4.78 is 19.4. The summed E-state index contributed by atoms with van der Waals surface area (Å²) in [5.74, 6) is 1.48. The molecule has 0 unspecified atom stereocenters. The first kappa shape index (κ1) is 26.9. The number of hydrogen-bond donors (Lipinski definition) is 0. The molecule has 2 aromatic rings. The molecule has 0 spiro atoms. The number of fused-ring (bicyclic) bond motifs is 2. The van der Waals surface area contributed by atoms with E-state index in [2.05, 4.69) is 25.1 Å². The van der Waals surface area contributed by atoms with E-state index in [1.165, 1.54) is 0 Å². The van der Waals surface area contributed by atoms with Gasteiger partial charge in [-0.3, -0.25) is 9.59 Å². The Labute approximate surface area is 236 Å². The molecule has 2 aliphatic carbocycles. The third-order valence-electron chi connectivity index (χ3n) is 9.49. The SMILES string of the molecule is CC1=CC(C)=C(CN2CCc3c(c(C)c4c(c3-c3ccco3)O[C@@](C)(C3CCC(N(C)C)CC3)O4)C2=O)C(=O)C1. The maximum absolute atomic E-state index is 14.1. The molecule has 1 saturated carbocycles. The van der Waals surface area contributed by atoms with Crippen molar-refractivity contribution in [3.05, 3.63) is 57.9 Å². The van der Waals surface area contributed by atoms with Gasteiger partial charge in [-0.25, -0.2) is 0 Å². The molecule has 4 aliphatic rings. The van der Waals surface area contributed by atoms with E-state index >= 15 is 0 Å². The topological polar surface area (TPSA) is 72.2 Å². The van der Waals surface area contributed by atoms with Gasteiger partial charge in [-0.15, -0.1) is 0 Å². The van der Waals surface area contributed by atoms with Crippen molar-refractivity contribution in [3.63, 3.8) is 0 Å². The summed E-state index contributed by atoms with van der Waals surface area (Å²) in [6, 6.07) is 4.36. The number of rotatable bonds is 5. The summed E-state index contributed by atoms with van der Waals surface area (Å²) in [4.78, 5) is 31.1. The summed E-state index contributed by atoms with van der Waals surface area (Å²) >= 11 is 0. The third kappa shape index (κ3) is 4.39. The van der Waals surface area contributed by atoms with E-state index in [4.69, 9.17) is 13.9 Å². The fourth-order valence-electron chi connectivity index (χ4n) is 7.18. The van der Waals surface area contributed by atoms with Gasteiger partial charge in [-0.05, 0) is 90.2 Å². The van der Waals surface area contributed by atoms with Crippen molar-refractivity contribution in [2.45, 2.75) is 78.0 Å². The Bertz CT molecular complexity index is 1430. The average molecular weight is 545 g/mol. The van der Waals surface area contributed by atoms with Crippen LogP contribution < -0.4 is 9.47 Å². The van der Waals surface area contributed by atoms with Crippen LogP contribution in [-0.4, -0.2) is 60.5 Å². The summed E-state index contributed by atoms with van der Waals surface area (Å²) in [6.45, 7) is 8.80. The van der Waals surface area contributed by atoms with Crippen LogP contribution in [0.2, 0.25) is 0 Å². The molecule has 1 amide bonds. The predicted molar refractivity (Wildman–Crippen MR) is 154 cm³/mol. The van der Waals surface area contributed by atoms with Crippen LogP contribution in [0.3, 0.4) is 0 Å². The number of nitrogens with zero attached hydrogens (tertiary/aromatic N) is 2. The zero-order chi connectivity index (χ0) is 28.3. The molecule has 212 valence electrons. The van der Waals surface area contributed by atoms with Crippen molar-refractivity contribution < 1.29 is 23.5 Å². The van der Waals surface area contributed by atoms with Crippen LogP contribution in [0.5, 0.6) is 11.5 Å². The van der Waals surface area contributed by atoms with Gasteiger partial charge in [-0.2, -0.15) is 0 Å². The van der Waals surface area contributed by atoms with Crippen LogP contribution in [0.4, 0.5) is 0 Å². The minimum absolute atomic E-state index is 0.0718. The maximum Gasteiger partial charge on any atom is 0.254 e. The van der Waals surface area contributed by atoms with Crippen LogP contribution in [0.15, 0.2) is 45.6 Å². The summed E-state index contributed by atoms with van der Waals surface area (Å²) in [5.41, 5.74) is 5.95. The fraction of sp³-hybridized carbons (Fsp3) is 0.515. The standard InChI is InChI=1S/C33H40N2O5/c1-19-16-20(2)25(26(36)17-19)18-35-14-13-24-28(32(35)37)21(3)30-31(29(24)27-8-7-15-38-27)40-33(4,39-30)22-9-11-23(12-10-22)34(5)6/h7-8,15-16,22-23H,9-14,17-18H2,1-6H3/t22?,23?,33-/m0/s1. The minimum Gasteiger partial charge on any atom is -0.464 e. The highest BCUT2D eigenvalue weighted by Crippen LogP contribution is 2.55. The van der Waals surface area contributed by atoms with Gasteiger partial charge in [0, 0.05) is 49.5 Å². The molecule has 1 aromatic carbocycles. The Balaban J connectivity index is 1.37. The Morgan fingerprint density at radius 2 is 1.75 bits per heavy atom. The van der Waals surface area contributed by atoms with Gasteiger partial charge in [0.2, 0.25) is 0 Å². The van der Waals surface area contributed by atoms with Crippen LogP contribution in [-0.2, 0) is 11.2 Å². The molecule has 7 nitrogen and oxygen atoms in total. The summed E-state index contributed by atoms with van der Waals surface area (Å²) in [7, 11) is 4.30. The zero-order valence-corrected chi connectivity index (χ0v) is 24.6. The van der Waals surface area contributed by atoms with Gasteiger partial charge in [0.05, 0.1) is 17.4 Å². The number of furan rings is 1. The van der Waals surface area contributed by atoms with Crippen molar-refractivity contribution in [2.75, 3.05) is 27.2 Å². The second kappa shape index (κ2) is 9.95. The largest absolute Gasteiger partial charge is 0.464 e. The lowest BCUT2D eigenvalue weighted by molar-refractivity contribution is -0.123. The first-order valence-corrected chi connectivity index (χ1v) is 14.5. The van der Waals surface area contributed by atoms with Crippen LogP contribution in [0, 0.1) is 12.8 Å². The fourth-order valence-corrected chi connectivity index (χ4v) is 7.18. The lowest BCUT2D eigenvalue weighted by Gasteiger charge is -2.39. The highest BCUT2D eigenvalue weighted by molar-refractivity contribution is 6.04. The molecule has 1 aromatic heterocycles. The maximum atomic E-state index is 14.1. The van der Waals surface area contributed by atoms with Crippen molar-refractivity contribution in [2.24, 2.45) is 5.92 Å². The highest BCUT2D eigenvalue weighted by atomic mass is 16.7. The van der Waals surface area contributed by atoms with Crippen molar-refractivity contribution in [3.8, 4) is 22.8 Å². The van der Waals surface area contributed by atoms with Crippen LogP contribution in [0.1, 0.15) is 74.4 Å². The van der Waals surface area contributed by atoms with Crippen LogP contribution >= 0.6 is 0 Å². The van der Waals surface area contributed by atoms with Gasteiger partial charge in [0.15, 0.2) is 17.3 Å². The Morgan fingerprint density at radius 3 is 2.40 bits per heavy atom. The molecule has 3 heterocycles. The zero-order valence-electron chi connectivity index (χ0n) is 24.6. The average Bonchev–Trinajstić information content (AvgIpc) is 3.56. The molecular weight excluding hydrogens is 504 g/mol. The predicted octanol–water partition coefficient (Wildman–Crippen LogP) is 6.10. The van der Waals surface area contributed by atoms with E-state index in [0.29, 0.717) is 54.8 Å². The van der Waals surface area contributed by atoms with Gasteiger partial charge in [0.25, 0.3) is 11.7 Å². The number of hydrogen-bond acceptors (Lipinski definition) is 6. The molecule has 7 heteroatoms. The number of allylic oxidation sites excluding steroid dienone is 3.